The molecule has 2 saturated heterocycles. The first-order valence-electron chi connectivity index (χ1n) is 17.9. The Hall–Kier alpha value is -3.54. The molecule has 26 heteroatoms. The van der Waals surface area contributed by atoms with Gasteiger partial charge in [-0.2, -0.15) is 4.98 Å². The lowest BCUT2D eigenvalue weighted by molar-refractivity contribution is -0.150. The number of nitrogens with two attached hydrogens (primary N) is 2. The molecule has 57 heavy (non-hydrogen) atoms. The van der Waals surface area contributed by atoms with Crippen molar-refractivity contribution >= 4 is 66.1 Å². The Bertz CT molecular complexity index is 2360. The summed E-state index contributed by atoms with van der Waals surface area (Å²) < 4.78 is 80.9. The molecule has 11 atom stereocenters. The van der Waals surface area contributed by atoms with Crippen molar-refractivity contribution in [1.82, 2.24) is 39.0 Å². The zero-order valence-electron chi connectivity index (χ0n) is 31.3. The zero-order chi connectivity index (χ0) is 40.7. The van der Waals surface area contributed by atoms with E-state index in [-0.39, 0.29) is 36.1 Å². The molecule has 0 amide bonds. The first-order chi connectivity index (χ1) is 27.0. The highest BCUT2D eigenvalue weighted by atomic mass is 32.7. The lowest BCUT2D eigenvalue weighted by atomic mass is 9.98. The first-order valence-corrected chi connectivity index (χ1v) is 22.4. The van der Waals surface area contributed by atoms with Gasteiger partial charge in [0.1, 0.15) is 48.3 Å². The summed E-state index contributed by atoms with van der Waals surface area (Å²) in [5, 5.41) is 12.1. The van der Waals surface area contributed by atoms with Crippen molar-refractivity contribution in [3.05, 3.63) is 29.3 Å². The molecule has 4 aliphatic rings. The van der Waals surface area contributed by atoms with Crippen LogP contribution in [0.3, 0.4) is 0 Å². The lowest BCUT2D eigenvalue weighted by Crippen LogP contribution is -2.38. The molecular formula is C31H42N10O13P2S. The second-order valence-corrected chi connectivity index (χ2v) is 20.6. The Kier molecular flexibility index (Phi) is 10.3. The van der Waals surface area contributed by atoms with E-state index in [1.54, 1.807) is 32.3 Å². The van der Waals surface area contributed by atoms with Crippen LogP contribution < -0.4 is 17.0 Å². The van der Waals surface area contributed by atoms with Gasteiger partial charge in [-0.15, -0.1) is 0 Å². The molecule has 4 aromatic heterocycles. The Morgan fingerprint density at radius 3 is 2.60 bits per heavy atom. The number of fused-ring (bicyclic) bond motifs is 4. The predicted octanol–water partition coefficient (Wildman–Crippen LogP) is 2.31. The van der Waals surface area contributed by atoms with Crippen molar-refractivity contribution < 1.29 is 55.9 Å². The molecule has 0 unspecified atom stereocenters. The number of aromatic amines is 1. The predicted molar refractivity (Wildman–Crippen MR) is 199 cm³/mol. The van der Waals surface area contributed by atoms with Crippen LogP contribution in [0.4, 0.5) is 11.8 Å². The summed E-state index contributed by atoms with van der Waals surface area (Å²) in [6.07, 6.45) is -3.12. The molecule has 1 spiro atoms. The summed E-state index contributed by atoms with van der Waals surface area (Å²) >= 11 is 0.593. The van der Waals surface area contributed by atoms with Crippen molar-refractivity contribution in [3.63, 3.8) is 0 Å². The molecular weight excluding hydrogens is 814 g/mol. The number of methoxy groups -OCH3 is 1. The van der Waals surface area contributed by atoms with Gasteiger partial charge in [0.15, 0.2) is 28.9 Å². The second-order valence-electron chi connectivity index (χ2n) is 15.1. The summed E-state index contributed by atoms with van der Waals surface area (Å²) in [5.74, 6) is -1.51. The van der Waals surface area contributed by atoms with Crippen molar-refractivity contribution in [3.8, 4) is 0 Å². The number of aromatic nitrogens is 8. The molecule has 0 aromatic carbocycles. The second kappa shape index (κ2) is 14.6. The van der Waals surface area contributed by atoms with Crippen LogP contribution in [0.25, 0.3) is 22.3 Å². The van der Waals surface area contributed by atoms with Gasteiger partial charge in [-0.3, -0.25) is 41.8 Å². The van der Waals surface area contributed by atoms with E-state index in [0.29, 0.717) is 29.0 Å². The van der Waals surface area contributed by atoms with Crippen LogP contribution in [0.5, 0.6) is 0 Å². The van der Waals surface area contributed by atoms with Crippen LogP contribution in [-0.2, 0) is 50.8 Å². The fraction of sp³-hybridized carbons (Fsp3) is 0.645. The molecule has 0 radical (unpaired) electrons. The van der Waals surface area contributed by atoms with Crippen LogP contribution in [0.15, 0.2) is 23.8 Å². The average Bonchev–Trinajstić information content (AvgIpc) is 3.44. The Labute approximate surface area is 327 Å². The van der Waals surface area contributed by atoms with Gasteiger partial charge in [-0.25, -0.2) is 29.1 Å². The van der Waals surface area contributed by atoms with E-state index in [0.717, 1.165) is 0 Å². The number of hydrogen-bond acceptors (Lipinski definition) is 21. The van der Waals surface area contributed by atoms with Crippen LogP contribution in [0.2, 0.25) is 0 Å². The number of nitrogen functional groups attached to an aromatic ring is 2. The minimum atomic E-state index is -4.55. The highest BCUT2D eigenvalue weighted by Crippen LogP contribution is 2.74. The molecule has 8 rings (SSSR count). The topological polar surface area (TPSA) is 304 Å². The number of carbonyl (C=O) groups is 1. The number of hydrogen-bond donors (Lipinski definition) is 4. The number of H-pyrrole nitrogens is 1. The van der Waals surface area contributed by atoms with Gasteiger partial charge >= 0.3 is 20.6 Å². The summed E-state index contributed by atoms with van der Waals surface area (Å²) in [6, 6.07) is -0.769. The number of phosphoric acid groups is 1. The number of anilines is 2. The quantitative estimate of drug-likeness (QED) is 0.112. The molecule has 2 bridgehead atoms. The molecule has 6 N–H and O–H groups in total. The fourth-order valence-electron chi connectivity index (χ4n) is 7.72. The number of nitrogens with zero attached hydrogens (tertiary/aromatic N) is 7. The van der Waals surface area contributed by atoms with Gasteiger partial charge in [0.05, 0.1) is 43.9 Å². The monoisotopic (exact) mass is 856 g/mol. The van der Waals surface area contributed by atoms with Crippen LogP contribution in [-0.4, -0.2) is 114 Å². The minimum absolute atomic E-state index is 0.0114. The lowest BCUT2D eigenvalue weighted by Gasteiger charge is -2.32. The maximum absolute atomic E-state index is 15.0. The number of ether oxygens (including phenoxy) is 3. The average molecular weight is 857 g/mol. The highest BCUT2D eigenvalue weighted by Gasteiger charge is 2.74. The van der Waals surface area contributed by atoms with Crippen LogP contribution in [0, 0.1) is 16.7 Å². The maximum Gasteiger partial charge on any atom is 0.475 e. The normalized spacial score (nSPS) is 35.6. The number of phosphoric ester groups is 1. The molecule has 23 nitrogen and oxygen atoms in total. The van der Waals surface area contributed by atoms with Crippen molar-refractivity contribution in [1.29, 1.82) is 0 Å². The fourth-order valence-corrected chi connectivity index (χ4v) is 12.0. The van der Waals surface area contributed by atoms with E-state index >= 15 is 0 Å². The number of carbonyl (C=O) groups excluding carboxylic acids is 1. The Morgan fingerprint density at radius 1 is 1.11 bits per heavy atom. The highest BCUT2D eigenvalue weighted by molar-refractivity contribution is 8.55. The standard InChI is InChI=1S/C31H42N10O13P2S/c1-6-49-55(45)51-9-31-7-14(31)18(40-11-36-16-23(32)34-10-35-24(16)40)19(42)22(31)54-56(46,57-13-48-28(44)30(2,3)4)50-8-15-20(47-5)21(53-55)27(52-15)41-12-37-17-25(41)38-29(33)39-26(17)43/h10-12,14-15,18-22,27,42H,6-9,13H2,1-5H3,(H2,32,34,35)(H3,33,38,39,43)/t14-,15-,18-,19+,20-,21-,22+,27-,31+,55-,56-/m1/s1. The summed E-state index contributed by atoms with van der Waals surface area (Å²) in [5.41, 5.74) is 9.90. The largest absolute Gasteiger partial charge is 0.475 e. The number of aliphatic hydroxyl groups excluding tert-OH is 1. The summed E-state index contributed by atoms with van der Waals surface area (Å²) in [7, 11) is -3.21. The van der Waals surface area contributed by atoms with Crippen molar-refractivity contribution in [2.45, 2.75) is 76.9 Å². The molecule has 2 saturated carbocycles. The van der Waals surface area contributed by atoms with E-state index in [4.69, 9.17) is 48.3 Å². The maximum atomic E-state index is 15.0. The SMILES string of the molecule is CCO[P@]1(=O)OC[C@@]23C[C@@H]2[C@@H](n2cnc4c(N)ncnc42)[C@H](O)[C@@H]3O[P@](=O)(SCOC(=O)C(C)(C)C)OC[C@H]2O[C@@H](n3cnc4c(=O)[nH]c(N)nc43)[C@H](O1)[C@@H]2OC. The zero-order valence-corrected chi connectivity index (χ0v) is 33.9. The third-order valence-electron chi connectivity index (χ3n) is 10.5. The Morgan fingerprint density at radius 2 is 1.86 bits per heavy atom. The van der Waals surface area contributed by atoms with Gasteiger partial charge in [0.25, 0.3) is 5.56 Å². The molecule has 2 aliphatic heterocycles. The van der Waals surface area contributed by atoms with Crippen molar-refractivity contribution in [2.75, 3.05) is 44.3 Å². The van der Waals surface area contributed by atoms with E-state index in [2.05, 4.69) is 29.9 Å². The first kappa shape index (κ1) is 40.2. The summed E-state index contributed by atoms with van der Waals surface area (Å²) in [4.78, 5) is 48.9. The molecule has 2 aliphatic carbocycles. The number of esters is 1. The smallest absolute Gasteiger partial charge is 0.454 e. The molecule has 4 fully saturated rings. The van der Waals surface area contributed by atoms with Gasteiger partial charge in [0, 0.05) is 23.9 Å². The van der Waals surface area contributed by atoms with Crippen molar-refractivity contribution in [2.24, 2.45) is 16.7 Å². The number of nitrogens with one attached hydrogen (secondary N) is 1. The van der Waals surface area contributed by atoms with E-state index in [9.17, 15) is 23.8 Å². The number of imidazole rings is 2. The van der Waals surface area contributed by atoms with Crippen LogP contribution in [0.1, 0.15) is 46.4 Å². The summed E-state index contributed by atoms with van der Waals surface area (Å²) in [6.45, 7) is 1.20. The van der Waals surface area contributed by atoms with Gasteiger partial charge < -0.3 is 35.4 Å². The molecule has 4 aromatic rings. The number of aliphatic hydroxyl groups is 1. The van der Waals surface area contributed by atoms with Gasteiger partial charge in [-0.05, 0) is 40.0 Å². The third-order valence-corrected chi connectivity index (χ3v) is 15.3. The molecule has 310 valence electrons. The van der Waals surface area contributed by atoms with Crippen LogP contribution >= 0.6 is 26.0 Å². The Balaban J connectivity index is 1.19. The minimum Gasteiger partial charge on any atom is -0.454 e. The van der Waals surface area contributed by atoms with E-state index in [1.807, 2.05) is 0 Å². The molecule has 6 heterocycles. The van der Waals surface area contributed by atoms with E-state index < -0.39 is 98.2 Å². The van der Waals surface area contributed by atoms with Gasteiger partial charge in [0.2, 0.25) is 5.95 Å². The van der Waals surface area contributed by atoms with Gasteiger partial charge in [-0.1, -0.05) is 0 Å². The van der Waals surface area contributed by atoms with E-state index in [1.165, 1.54) is 30.7 Å². The number of rotatable bonds is 8. The third kappa shape index (κ3) is 7.07.